The van der Waals surface area contributed by atoms with Crippen LogP contribution in [0.3, 0.4) is 0 Å². The Hall–Kier alpha value is -2.55. The Labute approximate surface area is 126 Å². The number of phenols is 1. The minimum atomic E-state index is -1.36. The van der Waals surface area contributed by atoms with Crippen molar-refractivity contribution in [3.8, 4) is 5.75 Å². The van der Waals surface area contributed by atoms with E-state index in [9.17, 15) is 15.4 Å². The van der Waals surface area contributed by atoms with Crippen molar-refractivity contribution < 1.29 is 35.2 Å². The second kappa shape index (κ2) is 6.94. The number of anilines is 1. The van der Waals surface area contributed by atoms with Gasteiger partial charge in [-0.05, 0) is 18.2 Å². The van der Waals surface area contributed by atoms with E-state index in [0.717, 1.165) is 0 Å². The molecule has 0 heterocycles. The summed E-state index contributed by atoms with van der Waals surface area (Å²) >= 11 is 0. The molecule has 1 aromatic carbocycles. The van der Waals surface area contributed by atoms with Crippen LogP contribution in [-0.2, 0) is 4.74 Å². The van der Waals surface area contributed by atoms with E-state index in [1.807, 2.05) is 5.48 Å². The molecule has 0 bridgehead atoms. The van der Waals surface area contributed by atoms with E-state index in [0.29, 0.717) is 16.2 Å². The van der Waals surface area contributed by atoms with E-state index >= 15 is 0 Å². The van der Waals surface area contributed by atoms with Gasteiger partial charge < -0.3 is 20.1 Å². The van der Waals surface area contributed by atoms with Crippen LogP contribution in [0.1, 0.15) is 6.42 Å². The van der Waals surface area contributed by atoms with Crippen LogP contribution >= 0.6 is 0 Å². The van der Waals surface area contributed by atoms with Crippen LogP contribution in [0.25, 0.3) is 0 Å². The summed E-state index contributed by atoms with van der Waals surface area (Å²) in [4.78, 5) is 0. The highest BCUT2D eigenvalue weighted by atomic mass is 16.6. The van der Waals surface area contributed by atoms with Crippen molar-refractivity contribution in [2.75, 3.05) is 12.1 Å². The topological polar surface area (TPSA) is 125 Å². The van der Waals surface area contributed by atoms with E-state index < -0.39 is 12.9 Å². The number of aliphatic hydroxyl groups excluding tert-OH is 2. The van der Waals surface area contributed by atoms with Crippen molar-refractivity contribution in [3.05, 3.63) is 42.2 Å². The normalized spacial score (nSPS) is 17.7. The Morgan fingerprint density at radius 3 is 2.82 bits per heavy atom. The molecule has 0 radical (unpaired) electrons. The Kier molecular flexibility index (Phi) is 4.99. The molecule has 0 saturated carbocycles. The maximum absolute atomic E-state index is 10.3. The minimum Gasteiger partial charge on any atom is -0.502 e. The molecular weight excluding hydrogens is 292 g/mol. The van der Waals surface area contributed by atoms with Crippen molar-refractivity contribution in [1.82, 2.24) is 0 Å². The molecule has 0 aliphatic heterocycles. The molecule has 0 aromatic heterocycles. The highest BCUT2D eigenvalue weighted by molar-refractivity contribution is 5.94. The zero-order chi connectivity index (χ0) is 16.1. The van der Waals surface area contributed by atoms with Crippen molar-refractivity contribution >= 4 is 17.1 Å². The first-order valence-electron chi connectivity index (χ1n) is 6.46. The van der Waals surface area contributed by atoms with Crippen LogP contribution < -0.4 is 5.48 Å². The molecule has 1 aromatic rings. The van der Waals surface area contributed by atoms with E-state index in [2.05, 4.69) is 0 Å². The number of phenolic OH excluding ortho intramolecular Hbond substituents is 1. The van der Waals surface area contributed by atoms with Gasteiger partial charge in [0, 0.05) is 10.8 Å². The number of hydrogen-bond acceptors (Lipinski definition) is 7. The first-order valence-corrected chi connectivity index (χ1v) is 6.46. The third kappa shape index (κ3) is 3.37. The maximum Gasteiger partial charge on any atom is 0.324 e. The number of para-hydroxylation sites is 1. The van der Waals surface area contributed by atoms with Gasteiger partial charge in [-0.2, -0.15) is 0 Å². The summed E-state index contributed by atoms with van der Waals surface area (Å²) in [5.41, 5.74) is 2.30. The highest BCUT2D eigenvalue weighted by Crippen LogP contribution is 2.33. The third-order valence-electron chi connectivity index (χ3n) is 2.99. The smallest absolute Gasteiger partial charge is 0.324 e. The number of nitrogens with one attached hydrogen (secondary N) is 1. The number of hydrogen-bond donors (Lipinski definition) is 6. The molecule has 1 atom stereocenters. The standard InChI is InChI=1S/C14H16N2O6/c17-8-13(19)22-10-4-1-3-9(7-10)16(21)14-11(15-20)5-2-6-12(14)18/h1-6,13,15,17,19-20H,7-8H2,(H-,18,21)/p+1/b16-9+. The molecule has 0 amide bonds. The van der Waals surface area contributed by atoms with Crippen LogP contribution in [0.4, 0.5) is 11.4 Å². The van der Waals surface area contributed by atoms with Gasteiger partial charge in [-0.3, -0.25) is 15.9 Å². The van der Waals surface area contributed by atoms with Gasteiger partial charge in [0.1, 0.15) is 18.1 Å². The quantitative estimate of drug-likeness (QED) is 0.206. The fourth-order valence-corrected chi connectivity index (χ4v) is 1.99. The van der Waals surface area contributed by atoms with Gasteiger partial charge in [0.15, 0.2) is 5.75 Å². The molecule has 0 spiro atoms. The van der Waals surface area contributed by atoms with Crippen LogP contribution in [-0.4, -0.2) is 49.1 Å². The molecule has 1 aliphatic rings. The fraction of sp³-hybridized carbons (Fsp3) is 0.214. The summed E-state index contributed by atoms with van der Waals surface area (Å²) in [5.74, 6) is 0.0851. The average molecular weight is 309 g/mol. The predicted octanol–water partition coefficient (Wildman–Crippen LogP) is 0.839. The Bertz CT molecular complexity index is 638. The van der Waals surface area contributed by atoms with Gasteiger partial charge in [-0.1, -0.05) is 12.1 Å². The van der Waals surface area contributed by atoms with Gasteiger partial charge >= 0.3 is 5.69 Å². The molecule has 8 nitrogen and oxygen atoms in total. The molecule has 1 unspecified atom stereocenters. The summed E-state index contributed by atoms with van der Waals surface area (Å²) in [6.45, 7) is -0.558. The van der Waals surface area contributed by atoms with Gasteiger partial charge in [-0.15, -0.1) is 0 Å². The van der Waals surface area contributed by atoms with E-state index in [1.54, 1.807) is 18.2 Å². The van der Waals surface area contributed by atoms with Crippen molar-refractivity contribution in [3.63, 3.8) is 0 Å². The largest absolute Gasteiger partial charge is 0.502 e. The monoisotopic (exact) mass is 309 g/mol. The number of rotatable bonds is 5. The highest BCUT2D eigenvalue weighted by Gasteiger charge is 2.26. The summed E-state index contributed by atoms with van der Waals surface area (Å²) in [6, 6.07) is 4.32. The number of benzene rings is 1. The van der Waals surface area contributed by atoms with Crippen molar-refractivity contribution in [1.29, 1.82) is 0 Å². The second-order valence-corrected chi connectivity index (χ2v) is 4.51. The van der Waals surface area contributed by atoms with Crippen LogP contribution in [0, 0.1) is 0 Å². The van der Waals surface area contributed by atoms with E-state index in [-0.39, 0.29) is 23.5 Å². The fourth-order valence-electron chi connectivity index (χ4n) is 1.99. The SMILES string of the molecule is OCC(O)OC1=CC=C/C(=[N+](\O)c2c(O)cccc2NO)C1. The van der Waals surface area contributed by atoms with Gasteiger partial charge in [0.05, 0.1) is 6.42 Å². The Morgan fingerprint density at radius 1 is 1.36 bits per heavy atom. The molecule has 8 heteroatoms. The Balaban J connectivity index is 2.32. The zero-order valence-electron chi connectivity index (χ0n) is 11.5. The average Bonchev–Trinajstić information content (AvgIpc) is 2.54. The van der Waals surface area contributed by atoms with E-state index in [1.165, 1.54) is 18.2 Å². The van der Waals surface area contributed by atoms with E-state index in [4.69, 9.17) is 15.1 Å². The molecule has 0 saturated heterocycles. The lowest BCUT2D eigenvalue weighted by molar-refractivity contribution is -0.712. The minimum absolute atomic E-state index is 0.0337. The lowest BCUT2D eigenvalue weighted by Crippen LogP contribution is -2.21. The number of allylic oxidation sites excluding steroid dienone is 4. The number of ether oxygens (including phenoxy) is 1. The molecule has 118 valence electrons. The third-order valence-corrected chi connectivity index (χ3v) is 2.99. The van der Waals surface area contributed by atoms with Crippen LogP contribution in [0.5, 0.6) is 5.75 Å². The molecule has 6 N–H and O–H groups in total. The summed E-state index contributed by atoms with van der Waals surface area (Å²) in [5, 5.41) is 47.3. The summed E-state index contributed by atoms with van der Waals surface area (Å²) in [6.07, 6.45) is 3.49. The molecule has 0 fully saturated rings. The number of aromatic hydroxyl groups is 1. The molecular formula is C14H17N2O6+. The molecule has 2 rings (SSSR count). The summed E-state index contributed by atoms with van der Waals surface area (Å²) < 4.78 is 5.77. The van der Waals surface area contributed by atoms with Crippen molar-refractivity contribution in [2.45, 2.75) is 12.7 Å². The van der Waals surface area contributed by atoms with Crippen LogP contribution in [0.2, 0.25) is 0 Å². The lowest BCUT2D eigenvalue weighted by Gasteiger charge is -2.15. The first-order chi connectivity index (χ1) is 10.6. The molecule has 1 aliphatic carbocycles. The number of nitrogens with zero attached hydrogens (tertiary/aromatic N) is 1. The number of aliphatic hydroxyl groups is 2. The summed E-state index contributed by atoms with van der Waals surface area (Å²) in [7, 11) is 0. The van der Waals surface area contributed by atoms with Crippen molar-refractivity contribution in [2.24, 2.45) is 0 Å². The zero-order valence-corrected chi connectivity index (χ0v) is 11.5. The maximum atomic E-state index is 10.3. The lowest BCUT2D eigenvalue weighted by atomic mass is 10.1. The van der Waals surface area contributed by atoms with Gasteiger partial charge in [-0.25, -0.2) is 0 Å². The Morgan fingerprint density at radius 2 is 2.14 bits per heavy atom. The van der Waals surface area contributed by atoms with Gasteiger partial charge in [0.2, 0.25) is 12.0 Å². The van der Waals surface area contributed by atoms with Crippen LogP contribution in [0.15, 0.2) is 42.2 Å². The molecule has 22 heavy (non-hydrogen) atoms. The van der Waals surface area contributed by atoms with Gasteiger partial charge in [0.25, 0.3) is 0 Å². The second-order valence-electron chi connectivity index (χ2n) is 4.51. The predicted molar refractivity (Wildman–Crippen MR) is 76.2 cm³/mol. The first kappa shape index (κ1) is 15.8.